The van der Waals surface area contributed by atoms with Crippen LogP contribution in [-0.4, -0.2) is 10.8 Å². The predicted octanol–water partition coefficient (Wildman–Crippen LogP) is 4.77. The van der Waals surface area contributed by atoms with E-state index in [-0.39, 0.29) is 11.7 Å². The van der Waals surface area contributed by atoms with Gasteiger partial charge in [-0.3, -0.25) is 4.79 Å². The van der Waals surface area contributed by atoms with Crippen LogP contribution in [-0.2, 0) is 12.8 Å². The van der Waals surface area contributed by atoms with Crippen LogP contribution in [0.1, 0.15) is 34.5 Å². The molecule has 1 aromatic carbocycles. The first-order valence-corrected chi connectivity index (χ1v) is 7.83. The monoisotopic (exact) mass is 319 g/mol. The average Bonchev–Trinajstić information content (AvgIpc) is 2.48. The molecule has 1 aliphatic carbocycles. The molecule has 0 bridgehead atoms. The molecule has 2 aromatic rings. The highest BCUT2D eigenvalue weighted by Gasteiger charge is 2.27. The second-order valence-electron chi connectivity index (χ2n) is 5.39. The summed E-state index contributed by atoms with van der Waals surface area (Å²) in [5.41, 5.74) is 2.80. The summed E-state index contributed by atoms with van der Waals surface area (Å²) in [6.07, 6.45) is 3.44. The molecular weight excluding hydrogens is 305 g/mol. The lowest BCUT2D eigenvalue weighted by Crippen LogP contribution is -2.24. The van der Waals surface area contributed by atoms with Gasteiger partial charge in [-0.2, -0.15) is 0 Å². The molecule has 0 saturated carbocycles. The normalized spacial score (nSPS) is 17.6. The Hall–Kier alpha value is -1.38. The first-order chi connectivity index (χ1) is 10.1. The van der Waals surface area contributed by atoms with Crippen LogP contribution in [0.5, 0.6) is 0 Å². The quantitative estimate of drug-likeness (QED) is 0.763. The number of benzene rings is 1. The van der Waals surface area contributed by atoms with Gasteiger partial charge in [0.05, 0.1) is 5.69 Å². The van der Waals surface area contributed by atoms with Crippen molar-refractivity contribution in [2.24, 2.45) is 5.92 Å². The maximum atomic E-state index is 12.5. The van der Waals surface area contributed by atoms with Gasteiger partial charge in [0, 0.05) is 16.5 Å². The Balaban J connectivity index is 1.69. The fraction of sp³-hybridized carbons (Fsp3) is 0.294. The lowest BCUT2D eigenvalue weighted by atomic mass is 9.82. The van der Waals surface area contributed by atoms with Crippen LogP contribution in [0.4, 0.5) is 0 Å². The maximum Gasteiger partial charge on any atom is 0.167 e. The first-order valence-electron chi connectivity index (χ1n) is 7.07. The number of Topliss-reactive ketones (excluding diaryl/α,β-unsaturated/α-hetero) is 1. The SMILES string of the molecule is O=C1c2ccc(Cl)nc2CCC1CCc1ccc(Cl)cc1. The van der Waals surface area contributed by atoms with Crippen molar-refractivity contribution in [3.63, 3.8) is 0 Å². The Bertz CT molecular complexity index is 667. The molecule has 1 atom stereocenters. The summed E-state index contributed by atoms with van der Waals surface area (Å²) in [5.74, 6) is 0.283. The Labute approximate surface area is 134 Å². The molecule has 1 heterocycles. The van der Waals surface area contributed by atoms with E-state index < -0.39 is 0 Å². The van der Waals surface area contributed by atoms with Crippen LogP contribution < -0.4 is 0 Å². The number of carbonyl (C=O) groups is 1. The lowest BCUT2D eigenvalue weighted by molar-refractivity contribution is 0.0894. The molecule has 0 aliphatic heterocycles. The summed E-state index contributed by atoms with van der Waals surface area (Å²) in [6, 6.07) is 11.3. The van der Waals surface area contributed by atoms with Crippen molar-refractivity contribution in [1.82, 2.24) is 4.98 Å². The van der Waals surface area contributed by atoms with E-state index in [9.17, 15) is 4.79 Å². The van der Waals surface area contributed by atoms with E-state index >= 15 is 0 Å². The third kappa shape index (κ3) is 3.28. The highest BCUT2D eigenvalue weighted by atomic mass is 35.5. The number of ketones is 1. The zero-order valence-electron chi connectivity index (χ0n) is 11.5. The van der Waals surface area contributed by atoms with Crippen molar-refractivity contribution in [2.75, 3.05) is 0 Å². The molecule has 108 valence electrons. The molecule has 4 heteroatoms. The van der Waals surface area contributed by atoms with Crippen LogP contribution in [0.15, 0.2) is 36.4 Å². The number of aromatic nitrogens is 1. The van der Waals surface area contributed by atoms with Crippen LogP contribution in [0.3, 0.4) is 0 Å². The van der Waals surface area contributed by atoms with Gasteiger partial charge in [0.1, 0.15) is 5.15 Å². The number of nitrogens with zero attached hydrogens (tertiary/aromatic N) is 1. The van der Waals surface area contributed by atoms with Crippen molar-refractivity contribution in [2.45, 2.75) is 25.7 Å². The largest absolute Gasteiger partial charge is 0.294 e. The second-order valence-corrected chi connectivity index (χ2v) is 6.22. The van der Waals surface area contributed by atoms with Gasteiger partial charge in [0.25, 0.3) is 0 Å². The van der Waals surface area contributed by atoms with Crippen LogP contribution >= 0.6 is 23.2 Å². The van der Waals surface area contributed by atoms with E-state index in [0.29, 0.717) is 5.15 Å². The average molecular weight is 320 g/mol. The van der Waals surface area contributed by atoms with Gasteiger partial charge < -0.3 is 0 Å². The smallest absolute Gasteiger partial charge is 0.167 e. The fourth-order valence-corrected chi connectivity index (χ4v) is 3.11. The van der Waals surface area contributed by atoms with Gasteiger partial charge >= 0.3 is 0 Å². The van der Waals surface area contributed by atoms with Crippen molar-refractivity contribution in [1.29, 1.82) is 0 Å². The molecule has 2 nitrogen and oxygen atoms in total. The minimum absolute atomic E-state index is 0.0798. The molecule has 0 N–H and O–H groups in total. The van der Waals surface area contributed by atoms with Crippen LogP contribution in [0.2, 0.25) is 10.2 Å². The zero-order valence-corrected chi connectivity index (χ0v) is 13.0. The molecule has 21 heavy (non-hydrogen) atoms. The number of hydrogen-bond donors (Lipinski definition) is 0. The van der Waals surface area contributed by atoms with Crippen molar-refractivity contribution < 1.29 is 4.79 Å². The fourth-order valence-electron chi connectivity index (χ4n) is 2.82. The van der Waals surface area contributed by atoms with E-state index in [4.69, 9.17) is 23.2 Å². The highest BCUT2D eigenvalue weighted by molar-refractivity contribution is 6.30. The molecular formula is C17H15Cl2NO. The van der Waals surface area contributed by atoms with Gasteiger partial charge in [-0.25, -0.2) is 4.98 Å². The molecule has 0 radical (unpaired) electrons. The molecule has 1 aliphatic rings. The minimum atomic E-state index is 0.0798. The number of halogens is 2. The van der Waals surface area contributed by atoms with Crippen LogP contribution in [0.25, 0.3) is 0 Å². The Kier molecular flexibility index (Phi) is 4.27. The van der Waals surface area contributed by atoms with Gasteiger partial charge in [0.2, 0.25) is 0 Å². The number of rotatable bonds is 3. The minimum Gasteiger partial charge on any atom is -0.294 e. The van der Waals surface area contributed by atoms with Crippen molar-refractivity contribution in [3.8, 4) is 0 Å². The molecule has 3 rings (SSSR count). The summed E-state index contributed by atoms with van der Waals surface area (Å²) in [4.78, 5) is 16.8. The number of fused-ring (bicyclic) bond motifs is 1. The summed E-state index contributed by atoms with van der Waals surface area (Å²) >= 11 is 11.8. The topological polar surface area (TPSA) is 30.0 Å². The van der Waals surface area contributed by atoms with Gasteiger partial charge in [-0.05, 0) is 55.5 Å². The summed E-state index contributed by atoms with van der Waals surface area (Å²) < 4.78 is 0. The van der Waals surface area contributed by atoms with Crippen molar-refractivity contribution >= 4 is 29.0 Å². The number of carbonyl (C=O) groups excluding carboxylic acids is 1. The first kappa shape index (κ1) is 14.6. The van der Waals surface area contributed by atoms with E-state index in [1.165, 1.54) is 5.56 Å². The third-order valence-electron chi connectivity index (χ3n) is 4.00. The molecule has 0 saturated heterocycles. The standard InChI is InChI=1S/C17H15Cl2NO/c18-13-6-2-11(3-7-13)1-4-12-5-9-15-14(17(12)21)8-10-16(19)20-15/h2-3,6-8,10,12H,1,4-5,9H2. The van der Waals surface area contributed by atoms with E-state index in [1.54, 1.807) is 12.1 Å². The Morgan fingerprint density at radius 2 is 1.86 bits per heavy atom. The molecule has 0 fully saturated rings. The maximum absolute atomic E-state index is 12.5. The predicted molar refractivity (Wildman–Crippen MR) is 85.2 cm³/mol. The molecule has 0 amide bonds. The number of pyridine rings is 1. The van der Waals surface area contributed by atoms with E-state index in [1.807, 2.05) is 24.3 Å². The molecule has 1 aromatic heterocycles. The van der Waals surface area contributed by atoms with E-state index in [2.05, 4.69) is 4.98 Å². The van der Waals surface area contributed by atoms with Gasteiger partial charge in [0.15, 0.2) is 5.78 Å². The van der Waals surface area contributed by atoms with Crippen molar-refractivity contribution in [3.05, 3.63) is 63.4 Å². The van der Waals surface area contributed by atoms with Gasteiger partial charge in [-0.1, -0.05) is 35.3 Å². The summed E-state index contributed by atoms with van der Waals surface area (Å²) in [7, 11) is 0. The molecule has 1 unspecified atom stereocenters. The lowest BCUT2D eigenvalue weighted by Gasteiger charge is -2.22. The Morgan fingerprint density at radius 3 is 2.62 bits per heavy atom. The zero-order chi connectivity index (χ0) is 14.8. The van der Waals surface area contributed by atoms with Crippen LogP contribution in [0, 0.1) is 5.92 Å². The number of aryl methyl sites for hydroxylation is 2. The second kappa shape index (κ2) is 6.17. The number of hydrogen-bond acceptors (Lipinski definition) is 2. The Morgan fingerprint density at radius 1 is 1.10 bits per heavy atom. The summed E-state index contributed by atoms with van der Waals surface area (Å²) in [5, 5.41) is 1.20. The van der Waals surface area contributed by atoms with E-state index in [0.717, 1.165) is 42.0 Å². The molecule has 0 spiro atoms. The highest BCUT2D eigenvalue weighted by Crippen LogP contribution is 2.28. The third-order valence-corrected chi connectivity index (χ3v) is 4.46. The van der Waals surface area contributed by atoms with Gasteiger partial charge in [-0.15, -0.1) is 0 Å². The summed E-state index contributed by atoms with van der Waals surface area (Å²) in [6.45, 7) is 0.